The van der Waals surface area contributed by atoms with E-state index >= 15 is 0 Å². The van der Waals surface area contributed by atoms with Crippen LogP contribution in [-0.2, 0) is 26.7 Å². The van der Waals surface area contributed by atoms with Crippen LogP contribution in [0.25, 0.3) is 0 Å². The lowest BCUT2D eigenvalue weighted by Gasteiger charge is -2.04. The molecule has 0 aliphatic heterocycles. The predicted octanol–water partition coefficient (Wildman–Crippen LogP) is 1.81. The van der Waals surface area contributed by atoms with E-state index in [0.717, 1.165) is 18.2 Å². The van der Waals surface area contributed by atoms with Crippen LogP contribution in [0, 0.1) is 10.1 Å². The Balaban J connectivity index is 3.48. The van der Waals surface area contributed by atoms with E-state index < -0.39 is 44.2 Å². The third-order valence-corrected chi connectivity index (χ3v) is 2.15. The first-order valence-electron chi connectivity index (χ1n) is 6.12. The molecule has 0 saturated carbocycles. The molecule has 17 heavy (non-hydrogen) atoms. The molecule has 94 valence electrons. The number of nitro benzene ring substituents is 1. The molecule has 0 spiro atoms. The minimum absolute atomic E-state index is 0.394. The lowest BCUT2D eigenvalue weighted by atomic mass is 10.1. The molecule has 0 atom stereocenters. The van der Waals surface area contributed by atoms with Gasteiger partial charge >= 0.3 is 0 Å². The van der Waals surface area contributed by atoms with Crippen LogP contribution in [0.5, 0.6) is 0 Å². The molecule has 8 heteroatoms. The van der Waals surface area contributed by atoms with Crippen molar-refractivity contribution in [1.82, 2.24) is 0 Å². The van der Waals surface area contributed by atoms with Gasteiger partial charge in [-0.05, 0) is 11.1 Å². The van der Waals surface area contributed by atoms with Gasteiger partial charge in [-0.15, -0.1) is 11.6 Å². The van der Waals surface area contributed by atoms with E-state index in [0.29, 0.717) is 6.26 Å². The van der Waals surface area contributed by atoms with Crippen LogP contribution < -0.4 is 0 Å². The number of hydrogen-bond donors (Lipinski definition) is 0. The van der Waals surface area contributed by atoms with Crippen LogP contribution in [0.2, 0.25) is 0 Å². The SMILES string of the molecule is [2H]C([2H])(Cl)c1cc([N+](=O)[O-])cc(C([2H])([2H])OS(C)(=O)=O)c1. The van der Waals surface area contributed by atoms with E-state index in [-0.39, 0.29) is 0 Å². The molecular formula is C9H10ClNO5S. The molecule has 1 aromatic carbocycles. The fourth-order valence-electron chi connectivity index (χ4n) is 0.954. The molecule has 0 amide bonds. The molecule has 0 N–H and O–H groups in total. The average molecular weight is 284 g/mol. The quantitative estimate of drug-likeness (QED) is 0.356. The maximum absolute atomic E-state index is 11.0. The fraction of sp³-hybridized carbons (Fsp3) is 0.333. The van der Waals surface area contributed by atoms with Crippen LogP contribution in [0.4, 0.5) is 5.69 Å². The summed E-state index contributed by atoms with van der Waals surface area (Å²) >= 11 is 5.42. The Bertz CT molecular complexity index is 673. The molecule has 1 rings (SSSR count). The summed E-state index contributed by atoms with van der Waals surface area (Å²) in [6.07, 6.45) is 0.615. The summed E-state index contributed by atoms with van der Waals surface area (Å²) in [5.41, 5.74) is -1.58. The normalized spacial score (nSPS) is 16.6. The highest BCUT2D eigenvalue weighted by Crippen LogP contribution is 2.19. The van der Waals surface area contributed by atoms with Crippen molar-refractivity contribution in [2.24, 2.45) is 0 Å². The molecule has 0 aliphatic carbocycles. The van der Waals surface area contributed by atoms with Crippen LogP contribution in [0.3, 0.4) is 0 Å². The van der Waals surface area contributed by atoms with Gasteiger partial charge in [-0.1, -0.05) is 6.07 Å². The van der Waals surface area contributed by atoms with E-state index in [1.807, 2.05) is 0 Å². The lowest BCUT2D eigenvalue weighted by Crippen LogP contribution is -2.03. The van der Waals surface area contributed by atoms with E-state index in [1.165, 1.54) is 0 Å². The van der Waals surface area contributed by atoms with E-state index in [4.69, 9.17) is 17.1 Å². The van der Waals surface area contributed by atoms with Gasteiger partial charge < -0.3 is 0 Å². The summed E-state index contributed by atoms with van der Waals surface area (Å²) in [6.45, 7) is -2.91. The Labute approximate surface area is 109 Å². The first kappa shape index (κ1) is 8.84. The Morgan fingerprint density at radius 2 is 2.06 bits per heavy atom. The Hall–Kier alpha value is -1.18. The maximum Gasteiger partial charge on any atom is 0.270 e. The summed E-state index contributed by atoms with van der Waals surface area (Å²) in [5, 5.41) is 10.8. The molecule has 0 saturated heterocycles. The van der Waals surface area contributed by atoms with Crippen molar-refractivity contribution < 1.29 is 23.0 Å². The van der Waals surface area contributed by atoms with Crippen molar-refractivity contribution >= 4 is 27.4 Å². The second kappa shape index (κ2) is 5.44. The highest BCUT2D eigenvalue weighted by molar-refractivity contribution is 7.85. The van der Waals surface area contributed by atoms with Crippen molar-refractivity contribution in [3.63, 3.8) is 0 Å². The standard InChI is InChI=1S/C9H10ClNO5S/c1-17(14,15)16-6-8-2-7(5-10)3-9(4-8)11(12)13/h2-4H,5-6H2,1H3/i5D2,6D2. The van der Waals surface area contributed by atoms with Gasteiger partial charge in [0, 0.05) is 20.7 Å². The molecule has 6 nitrogen and oxygen atoms in total. The zero-order valence-electron chi connectivity index (χ0n) is 12.5. The van der Waals surface area contributed by atoms with Crippen LogP contribution in [0.1, 0.15) is 16.6 Å². The molecule has 0 aromatic heterocycles. The van der Waals surface area contributed by atoms with Gasteiger partial charge in [0.05, 0.1) is 20.5 Å². The average Bonchev–Trinajstić information content (AvgIpc) is 2.23. The fourth-order valence-corrected chi connectivity index (χ4v) is 1.31. The van der Waals surface area contributed by atoms with Crippen molar-refractivity contribution in [2.45, 2.75) is 12.4 Å². The molecule has 1 aromatic rings. The third-order valence-electron chi connectivity index (χ3n) is 1.55. The van der Waals surface area contributed by atoms with Gasteiger partial charge in [-0.2, -0.15) is 8.42 Å². The van der Waals surface area contributed by atoms with Gasteiger partial charge in [0.2, 0.25) is 0 Å². The molecule has 0 heterocycles. The second-order valence-corrected chi connectivity index (χ2v) is 4.77. The lowest BCUT2D eigenvalue weighted by molar-refractivity contribution is -0.385. The summed E-state index contributed by atoms with van der Waals surface area (Å²) in [6, 6.07) is 2.44. The Kier molecular flexibility index (Phi) is 2.83. The molecule has 0 fully saturated rings. The number of halogens is 1. The van der Waals surface area contributed by atoms with Crippen molar-refractivity contribution in [1.29, 1.82) is 0 Å². The zero-order chi connectivity index (χ0) is 16.6. The van der Waals surface area contributed by atoms with Crippen molar-refractivity contribution in [2.75, 3.05) is 6.26 Å². The number of hydrogen-bond acceptors (Lipinski definition) is 5. The second-order valence-electron chi connectivity index (χ2n) is 3.01. The summed E-state index contributed by atoms with van der Waals surface area (Å²) < 4.78 is 56.0. The van der Waals surface area contributed by atoms with Gasteiger partial charge in [0.1, 0.15) is 0 Å². The topological polar surface area (TPSA) is 86.5 Å². The number of rotatable bonds is 5. The van der Waals surface area contributed by atoms with E-state index in [2.05, 4.69) is 4.18 Å². The smallest absolute Gasteiger partial charge is 0.265 e. The molecule has 0 bridgehead atoms. The number of nitrogens with zero attached hydrogens (tertiary/aromatic N) is 1. The van der Waals surface area contributed by atoms with Crippen LogP contribution in [0.15, 0.2) is 18.2 Å². The summed E-state index contributed by atoms with van der Waals surface area (Å²) in [4.78, 5) is 9.92. The van der Waals surface area contributed by atoms with Gasteiger partial charge in [0.25, 0.3) is 15.8 Å². The molecule has 0 unspecified atom stereocenters. The minimum Gasteiger partial charge on any atom is -0.265 e. The maximum atomic E-state index is 11.0. The highest BCUT2D eigenvalue weighted by atomic mass is 35.5. The molecule has 0 radical (unpaired) electrons. The van der Waals surface area contributed by atoms with E-state index in [1.54, 1.807) is 0 Å². The number of non-ortho nitro benzene ring substituents is 1. The van der Waals surface area contributed by atoms with Gasteiger partial charge in [-0.3, -0.25) is 14.3 Å². The van der Waals surface area contributed by atoms with E-state index in [9.17, 15) is 18.5 Å². The third kappa shape index (κ3) is 4.68. The zero-order valence-corrected chi connectivity index (χ0v) is 10.1. The highest BCUT2D eigenvalue weighted by Gasteiger charge is 2.11. The Morgan fingerprint density at radius 1 is 1.47 bits per heavy atom. The van der Waals surface area contributed by atoms with Gasteiger partial charge in [-0.25, -0.2) is 0 Å². The Morgan fingerprint density at radius 3 is 2.53 bits per heavy atom. The predicted molar refractivity (Wildman–Crippen MR) is 62.3 cm³/mol. The minimum atomic E-state index is -4.18. The first-order valence-corrected chi connectivity index (χ1v) is 6.32. The summed E-state index contributed by atoms with van der Waals surface area (Å²) in [5.74, 6) is -2.50. The van der Waals surface area contributed by atoms with Gasteiger partial charge in [0.15, 0.2) is 0 Å². The molecular weight excluding hydrogens is 270 g/mol. The van der Waals surface area contributed by atoms with Crippen molar-refractivity contribution in [3.8, 4) is 0 Å². The number of alkyl halides is 1. The van der Waals surface area contributed by atoms with Crippen LogP contribution >= 0.6 is 11.6 Å². The largest absolute Gasteiger partial charge is 0.270 e. The first-order chi connectivity index (χ1) is 9.22. The van der Waals surface area contributed by atoms with Crippen molar-refractivity contribution in [3.05, 3.63) is 39.4 Å². The van der Waals surface area contributed by atoms with Crippen LogP contribution in [-0.4, -0.2) is 19.6 Å². The number of benzene rings is 1. The molecule has 0 aliphatic rings. The number of nitro groups is 1. The summed E-state index contributed by atoms with van der Waals surface area (Å²) in [7, 11) is -4.18. The monoisotopic (exact) mass is 283 g/mol.